The summed E-state index contributed by atoms with van der Waals surface area (Å²) in [7, 11) is -2.12. The van der Waals surface area contributed by atoms with Gasteiger partial charge in [0.1, 0.15) is 5.75 Å². The Kier molecular flexibility index (Phi) is 4.08. The van der Waals surface area contributed by atoms with Gasteiger partial charge in [0.05, 0.1) is 12.0 Å². The third-order valence-electron chi connectivity index (χ3n) is 3.40. The van der Waals surface area contributed by atoms with Crippen molar-refractivity contribution in [3.63, 3.8) is 0 Å². The van der Waals surface area contributed by atoms with Crippen LogP contribution in [0.25, 0.3) is 11.3 Å². The maximum Gasteiger partial charge on any atom is 0.261 e. The Hall–Kier alpha value is -2.73. The lowest BCUT2D eigenvalue weighted by molar-refractivity contribution is 0.416. The van der Waals surface area contributed by atoms with Crippen molar-refractivity contribution < 1.29 is 13.2 Å². The first kappa shape index (κ1) is 15.2. The lowest BCUT2D eigenvalue weighted by Gasteiger charge is -2.12. The van der Waals surface area contributed by atoms with Crippen LogP contribution in [0.1, 0.15) is 0 Å². The summed E-state index contributed by atoms with van der Waals surface area (Å²) in [4.78, 5) is 3.23. The van der Waals surface area contributed by atoms with Gasteiger partial charge in [0.15, 0.2) is 0 Å². The van der Waals surface area contributed by atoms with Gasteiger partial charge in [0.2, 0.25) is 0 Å². The van der Waals surface area contributed by atoms with Crippen LogP contribution in [0, 0.1) is 0 Å². The fourth-order valence-electron chi connectivity index (χ4n) is 2.28. The molecule has 1 aromatic heterocycles. The Morgan fingerprint density at radius 1 is 1.00 bits per heavy atom. The lowest BCUT2D eigenvalue weighted by atomic mass is 10.1. The number of sulfonamides is 1. The van der Waals surface area contributed by atoms with Crippen LogP contribution in [0.5, 0.6) is 5.75 Å². The zero-order valence-electron chi connectivity index (χ0n) is 12.5. The number of nitrogens with one attached hydrogen (secondary N) is 2. The summed E-state index contributed by atoms with van der Waals surface area (Å²) in [5.74, 6) is 0.603. The molecule has 0 atom stereocenters. The molecule has 0 aliphatic carbocycles. The topological polar surface area (TPSA) is 71.2 Å². The Bertz CT molecular complexity index is 889. The van der Waals surface area contributed by atoms with Crippen molar-refractivity contribution in [1.29, 1.82) is 0 Å². The lowest BCUT2D eigenvalue weighted by Crippen LogP contribution is -2.13. The molecule has 0 unspecified atom stereocenters. The minimum atomic E-state index is -3.67. The van der Waals surface area contributed by atoms with E-state index < -0.39 is 10.0 Å². The third-order valence-corrected chi connectivity index (χ3v) is 4.77. The van der Waals surface area contributed by atoms with Gasteiger partial charge in [-0.25, -0.2) is 8.42 Å². The maximum atomic E-state index is 12.6. The highest BCUT2D eigenvalue weighted by molar-refractivity contribution is 7.92. The Morgan fingerprint density at radius 3 is 2.43 bits per heavy atom. The van der Waals surface area contributed by atoms with Gasteiger partial charge in [-0.1, -0.05) is 18.2 Å². The van der Waals surface area contributed by atoms with E-state index in [9.17, 15) is 8.42 Å². The molecule has 0 spiro atoms. The molecule has 2 aromatic carbocycles. The summed E-state index contributed by atoms with van der Waals surface area (Å²) in [6.45, 7) is 0. The minimum absolute atomic E-state index is 0.173. The summed E-state index contributed by atoms with van der Waals surface area (Å²) >= 11 is 0. The van der Waals surface area contributed by atoms with Crippen molar-refractivity contribution >= 4 is 15.7 Å². The van der Waals surface area contributed by atoms with Crippen LogP contribution >= 0.6 is 0 Å². The summed E-state index contributed by atoms with van der Waals surface area (Å²) in [5, 5.41) is 0. The third kappa shape index (κ3) is 3.22. The largest absolute Gasteiger partial charge is 0.496 e. The molecule has 23 heavy (non-hydrogen) atoms. The smallest absolute Gasteiger partial charge is 0.261 e. The molecule has 0 saturated carbocycles. The highest BCUT2D eigenvalue weighted by Crippen LogP contribution is 2.31. The zero-order chi connectivity index (χ0) is 16.3. The number of aromatic amines is 1. The molecule has 118 valence electrons. The molecule has 0 fully saturated rings. The number of rotatable bonds is 5. The molecule has 0 bridgehead atoms. The molecular weight excluding hydrogens is 312 g/mol. The molecule has 2 N–H and O–H groups in total. The Balaban J connectivity index is 2.01. The van der Waals surface area contributed by atoms with E-state index in [-0.39, 0.29) is 4.90 Å². The summed E-state index contributed by atoms with van der Waals surface area (Å²) in [5.41, 5.74) is 2.00. The molecule has 5 nitrogen and oxygen atoms in total. The number of methoxy groups -OCH3 is 1. The standard InChI is InChI=1S/C17H16N2O3S/c1-22-17-10-9-14(12-15(17)16-8-5-11-18-16)23(20,21)19-13-6-3-2-4-7-13/h2-12,18-19H,1H3. The number of aromatic nitrogens is 1. The van der Waals surface area contributed by atoms with Gasteiger partial charge in [-0.15, -0.1) is 0 Å². The summed E-state index contributed by atoms with van der Waals surface area (Å²) < 4.78 is 33.0. The van der Waals surface area contributed by atoms with Crippen molar-refractivity contribution in [2.75, 3.05) is 11.8 Å². The SMILES string of the molecule is COc1ccc(S(=O)(=O)Nc2ccccc2)cc1-c1ccc[nH]1. The number of para-hydroxylation sites is 1. The van der Waals surface area contributed by atoms with E-state index in [0.717, 1.165) is 5.69 Å². The molecule has 0 aliphatic rings. The summed E-state index contributed by atoms with van der Waals surface area (Å²) in [6, 6.07) is 17.3. The first-order valence-corrected chi connectivity index (χ1v) is 8.48. The molecule has 0 saturated heterocycles. The van der Waals surface area contributed by atoms with Crippen molar-refractivity contribution in [2.45, 2.75) is 4.90 Å². The first-order valence-electron chi connectivity index (χ1n) is 7.00. The second-order valence-electron chi connectivity index (χ2n) is 4.92. The highest BCUT2D eigenvalue weighted by Gasteiger charge is 2.17. The van der Waals surface area contributed by atoms with Crippen LogP contribution in [-0.4, -0.2) is 20.5 Å². The molecule has 0 amide bonds. The van der Waals surface area contributed by atoms with Crippen molar-refractivity contribution in [3.8, 4) is 17.0 Å². The van der Waals surface area contributed by atoms with E-state index in [1.807, 2.05) is 18.2 Å². The van der Waals surface area contributed by atoms with Crippen molar-refractivity contribution in [1.82, 2.24) is 4.98 Å². The first-order chi connectivity index (χ1) is 11.1. The number of ether oxygens (including phenoxy) is 1. The molecule has 0 aliphatic heterocycles. The normalized spacial score (nSPS) is 11.2. The van der Waals surface area contributed by atoms with Crippen LogP contribution in [0.4, 0.5) is 5.69 Å². The maximum absolute atomic E-state index is 12.6. The number of benzene rings is 2. The predicted octanol–water partition coefficient (Wildman–Crippen LogP) is 3.49. The van der Waals surface area contributed by atoms with Crippen LogP contribution in [0.2, 0.25) is 0 Å². The van der Waals surface area contributed by atoms with Gasteiger partial charge in [0, 0.05) is 23.1 Å². The van der Waals surface area contributed by atoms with Gasteiger partial charge in [0.25, 0.3) is 10.0 Å². The predicted molar refractivity (Wildman–Crippen MR) is 90.0 cm³/mol. The van der Waals surface area contributed by atoms with E-state index >= 15 is 0 Å². The Morgan fingerprint density at radius 2 is 1.78 bits per heavy atom. The van der Waals surface area contributed by atoms with Crippen LogP contribution in [-0.2, 0) is 10.0 Å². The van der Waals surface area contributed by atoms with E-state index in [1.54, 1.807) is 49.7 Å². The van der Waals surface area contributed by atoms with Gasteiger partial charge in [-0.05, 0) is 42.5 Å². The Labute approximate surface area is 135 Å². The van der Waals surface area contributed by atoms with Crippen molar-refractivity contribution in [3.05, 3.63) is 66.9 Å². The number of anilines is 1. The van der Waals surface area contributed by atoms with Gasteiger partial charge in [-0.2, -0.15) is 0 Å². The van der Waals surface area contributed by atoms with Crippen molar-refractivity contribution in [2.24, 2.45) is 0 Å². The average Bonchev–Trinajstić information content (AvgIpc) is 3.09. The number of hydrogen-bond donors (Lipinski definition) is 2. The van der Waals surface area contributed by atoms with Gasteiger partial charge < -0.3 is 9.72 Å². The molecule has 0 radical (unpaired) electrons. The minimum Gasteiger partial charge on any atom is -0.496 e. The molecule has 1 heterocycles. The molecule has 3 rings (SSSR count). The van der Waals surface area contributed by atoms with Gasteiger partial charge >= 0.3 is 0 Å². The van der Waals surface area contributed by atoms with Gasteiger partial charge in [-0.3, -0.25) is 4.72 Å². The molecule has 3 aromatic rings. The van der Waals surface area contributed by atoms with Crippen LogP contribution in [0.3, 0.4) is 0 Å². The summed E-state index contributed by atoms with van der Waals surface area (Å²) in [6.07, 6.45) is 1.78. The number of hydrogen-bond acceptors (Lipinski definition) is 3. The van der Waals surface area contributed by atoms with E-state index in [4.69, 9.17) is 4.74 Å². The average molecular weight is 328 g/mol. The fourth-order valence-corrected chi connectivity index (χ4v) is 3.37. The molecule has 6 heteroatoms. The molecular formula is C17H16N2O3S. The number of H-pyrrole nitrogens is 1. The van der Waals surface area contributed by atoms with Crippen LogP contribution in [0.15, 0.2) is 71.8 Å². The fraction of sp³-hybridized carbons (Fsp3) is 0.0588. The highest BCUT2D eigenvalue weighted by atomic mass is 32.2. The monoisotopic (exact) mass is 328 g/mol. The van der Waals surface area contributed by atoms with E-state index in [2.05, 4.69) is 9.71 Å². The second kappa shape index (κ2) is 6.18. The zero-order valence-corrected chi connectivity index (χ0v) is 13.3. The van der Waals surface area contributed by atoms with E-state index in [0.29, 0.717) is 17.0 Å². The quantitative estimate of drug-likeness (QED) is 0.753. The van der Waals surface area contributed by atoms with E-state index in [1.165, 1.54) is 6.07 Å². The van der Waals surface area contributed by atoms with Crippen LogP contribution < -0.4 is 9.46 Å². The second-order valence-corrected chi connectivity index (χ2v) is 6.60.